The van der Waals surface area contributed by atoms with Gasteiger partial charge in [-0.25, -0.2) is 4.39 Å². The topological polar surface area (TPSA) is 59.8 Å². The number of carbonyl (C=O) groups excluding carboxylic acids is 1. The Morgan fingerprint density at radius 2 is 2.04 bits per heavy atom. The average Bonchev–Trinajstić information content (AvgIpc) is 3.18. The molecule has 0 radical (unpaired) electrons. The molecule has 1 aromatic heterocycles. The number of benzene rings is 1. The quantitative estimate of drug-likeness (QED) is 0.889. The van der Waals surface area contributed by atoms with Gasteiger partial charge in [0.05, 0.1) is 24.2 Å². The molecule has 1 aliphatic carbocycles. The molecule has 0 spiro atoms. The number of hydrogen-bond acceptors (Lipinski definition) is 3. The molecule has 23 heavy (non-hydrogen) atoms. The Morgan fingerprint density at radius 3 is 2.57 bits per heavy atom. The SMILES string of the molecule is CC(C)[C@@H](Cn1ccnn1)NC(=O)C1(c2ccc(F)cc2)CC1. The summed E-state index contributed by atoms with van der Waals surface area (Å²) in [7, 11) is 0. The summed E-state index contributed by atoms with van der Waals surface area (Å²) in [6.45, 7) is 4.72. The summed E-state index contributed by atoms with van der Waals surface area (Å²) in [4.78, 5) is 12.8. The van der Waals surface area contributed by atoms with Crippen LogP contribution in [0.3, 0.4) is 0 Å². The van der Waals surface area contributed by atoms with Gasteiger partial charge in [0, 0.05) is 6.20 Å². The van der Waals surface area contributed by atoms with E-state index in [1.807, 2.05) is 0 Å². The van der Waals surface area contributed by atoms with Crippen molar-refractivity contribution in [1.29, 1.82) is 0 Å². The van der Waals surface area contributed by atoms with Gasteiger partial charge in [0.2, 0.25) is 5.91 Å². The van der Waals surface area contributed by atoms with Crippen molar-refractivity contribution in [3.63, 3.8) is 0 Å². The van der Waals surface area contributed by atoms with Gasteiger partial charge >= 0.3 is 0 Å². The number of aromatic nitrogens is 3. The molecule has 122 valence electrons. The third kappa shape index (κ3) is 3.25. The second-order valence-electron chi connectivity index (χ2n) is 6.54. The summed E-state index contributed by atoms with van der Waals surface area (Å²) in [5.74, 6) is 0.00582. The van der Waals surface area contributed by atoms with Gasteiger partial charge in [0.25, 0.3) is 0 Å². The molecule has 1 heterocycles. The lowest BCUT2D eigenvalue weighted by molar-refractivity contribution is -0.124. The van der Waals surface area contributed by atoms with Crippen molar-refractivity contribution in [3.05, 3.63) is 48.0 Å². The van der Waals surface area contributed by atoms with Gasteiger partial charge in [-0.05, 0) is 36.5 Å². The van der Waals surface area contributed by atoms with E-state index in [2.05, 4.69) is 29.5 Å². The molecule has 0 bridgehead atoms. The highest BCUT2D eigenvalue weighted by Crippen LogP contribution is 2.48. The van der Waals surface area contributed by atoms with Crippen LogP contribution in [-0.2, 0) is 16.8 Å². The molecule has 0 saturated heterocycles. The summed E-state index contributed by atoms with van der Waals surface area (Å²) >= 11 is 0. The highest BCUT2D eigenvalue weighted by atomic mass is 19.1. The van der Waals surface area contributed by atoms with Gasteiger partial charge in [-0.2, -0.15) is 0 Å². The third-order valence-electron chi connectivity index (χ3n) is 4.56. The van der Waals surface area contributed by atoms with Gasteiger partial charge in [0.1, 0.15) is 5.82 Å². The molecule has 6 heteroatoms. The maximum absolute atomic E-state index is 13.1. The largest absolute Gasteiger partial charge is 0.350 e. The highest BCUT2D eigenvalue weighted by molar-refractivity contribution is 5.91. The molecule has 1 fully saturated rings. The summed E-state index contributed by atoms with van der Waals surface area (Å²) < 4.78 is 14.8. The zero-order valence-electron chi connectivity index (χ0n) is 13.4. The molecule has 5 nitrogen and oxygen atoms in total. The van der Waals surface area contributed by atoms with Crippen molar-refractivity contribution < 1.29 is 9.18 Å². The first kappa shape index (κ1) is 15.6. The Morgan fingerprint density at radius 1 is 1.35 bits per heavy atom. The van der Waals surface area contributed by atoms with Crippen LogP contribution in [0.25, 0.3) is 0 Å². The number of amides is 1. The fraction of sp³-hybridized carbons (Fsp3) is 0.471. The molecule has 3 rings (SSSR count). The van der Waals surface area contributed by atoms with Crippen LogP contribution in [0.2, 0.25) is 0 Å². The van der Waals surface area contributed by atoms with E-state index in [0.717, 1.165) is 18.4 Å². The normalized spacial score (nSPS) is 17.0. The number of carbonyl (C=O) groups is 1. The van der Waals surface area contributed by atoms with Crippen molar-refractivity contribution in [1.82, 2.24) is 20.3 Å². The van der Waals surface area contributed by atoms with E-state index in [4.69, 9.17) is 0 Å². The standard InChI is InChI=1S/C17H21FN4O/c1-12(2)15(11-22-10-9-19-21-22)20-16(23)17(7-8-17)13-3-5-14(18)6-4-13/h3-6,9-10,12,15H,7-8,11H2,1-2H3,(H,20,23)/t15-/m1/s1. The highest BCUT2D eigenvalue weighted by Gasteiger charge is 2.51. The molecule has 1 aliphatic rings. The van der Waals surface area contributed by atoms with E-state index < -0.39 is 5.41 Å². The fourth-order valence-corrected chi connectivity index (χ4v) is 2.80. The number of hydrogen-bond donors (Lipinski definition) is 1. The number of nitrogens with one attached hydrogen (secondary N) is 1. The maximum atomic E-state index is 13.1. The number of rotatable bonds is 6. The monoisotopic (exact) mass is 316 g/mol. The Balaban J connectivity index is 1.72. The van der Waals surface area contributed by atoms with Crippen molar-refractivity contribution in [2.24, 2.45) is 5.92 Å². The summed E-state index contributed by atoms with van der Waals surface area (Å²) in [5.41, 5.74) is 0.392. The Hall–Kier alpha value is -2.24. The lowest BCUT2D eigenvalue weighted by Crippen LogP contribution is -2.46. The minimum atomic E-state index is -0.497. The Kier molecular flexibility index (Phi) is 4.15. The first-order chi connectivity index (χ1) is 11.0. The van der Waals surface area contributed by atoms with Gasteiger partial charge < -0.3 is 5.32 Å². The van der Waals surface area contributed by atoms with Crippen LogP contribution in [0, 0.1) is 11.7 Å². The summed E-state index contributed by atoms with van der Waals surface area (Å²) in [6, 6.07) is 6.23. The van der Waals surface area contributed by atoms with Crippen molar-refractivity contribution in [2.75, 3.05) is 0 Å². The van der Waals surface area contributed by atoms with E-state index in [9.17, 15) is 9.18 Å². The molecular formula is C17H21FN4O. The first-order valence-electron chi connectivity index (χ1n) is 7.92. The third-order valence-corrected chi connectivity index (χ3v) is 4.56. The van der Waals surface area contributed by atoms with E-state index in [0.29, 0.717) is 6.54 Å². The molecule has 2 aromatic rings. The minimum Gasteiger partial charge on any atom is -0.350 e. The first-order valence-corrected chi connectivity index (χ1v) is 7.92. The Labute approximate surface area is 134 Å². The smallest absolute Gasteiger partial charge is 0.230 e. The predicted octanol–water partition coefficient (Wildman–Crippen LogP) is 2.29. The fourth-order valence-electron chi connectivity index (χ4n) is 2.80. The van der Waals surface area contributed by atoms with Crippen LogP contribution in [0.1, 0.15) is 32.3 Å². The molecule has 1 amide bonds. The summed E-state index contributed by atoms with van der Waals surface area (Å²) in [5, 5.41) is 10.9. The maximum Gasteiger partial charge on any atom is 0.230 e. The van der Waals surface area contributed by atoms with Gasteiger partial charge in [-0.3, -0.25) is 9.48 Å². The van der Waals surface area contributed by atoms with Gasteiger partial charge in [-0.15, -0.1) is 5.10 Å². The van der Waals surface area contributed by atoms with E-state index in [1.165, 1.54) is 12.1 Å². The van der Waals surface area contributed by atoms with Crippen LogP contribution in [-0.4, -0.2) is 26.9 Å². The zero-order valence-corrected chi connectivity index (χ0v) is 13.4. The lowest BCUT2D eigenvalue weighted by Gasteiger charge is -2.25. The van der Waals surface area contributed by atoms with Crippen molar-refractivity contribution >= 4 is 5.91 Å². The van der Waals surface area contributed by atoms with Crippen molar-refractivity contribution in [2.45, 2.75) is 44.7 Å². The van der Waals surface area contributed by atoms with Gasteiger partial charge in [0.15, 0.2) is 0 Å². The minimum absolute atomic E-state index is 0.0166. The molecular weight excluding hydrogens is 295 g/mol. The van der Waals surface area contributed by atoms with Crippen LogP contribution < -0.4 is 5.32 Å². The van der Waals surface area contributed by atoms with Gasteiger partial charge in [-0.1, -0.05) is 31.2 Å². The lowest BCUT2D eigenvalue weighted by atomic mass is 9.93. The van der Waals surface area contributed by atoms with Crippen LogP contribution >= 0.6 is 0 Å². The van der Waals surface area contributed by atoms with E-state index in [1.54, 1.807) is 29.2 Å². The second kappa shape index (κ2) is 6.10. The van der Waals surface area contributed by atoms with E-state index in [-0.39, 0.29) is 23.7 Å². The number of nitrogens with zero attached hydrogens (tertiary/aromatic N) is 3. The van der Waals surface area contributed by atoms with E-state index >= 15 is 0 Å². The number of halogens is 1. The summed E-state index contributed by atoms with van der Waals surface area (Å²) in [6.07, 6.45) is 5.02. The van der Waals surface area contributed by atoms with Crippen LogP contribution in [0.5, 0.6) is 0 Å². The Bertz CT molecular complexity index is 662. The molecule has 0 aliphatic heterocycles. The predicted molar refractivity (Wildman–Crippen MR) is 84.1 cm³/mol. The average molecular weight is 316 g/mol. The van der Waals surface area contributed by atoms with Crippen molar-refractivity contribution in [3.8, 4) is 0 Å². The van der Waals surface area contributed by atoms with Crippen LogP contribution in [0.15, 0.2) is 36.7 Å². The molecule has 1 aromatic carbocycles. The second-order valence-corrected chi connectivity index (χ2v) is 6.54. The molecule has 1 N–H and O–H groups in total. The molecule has 1 atom stereocenters. The molecule has 1 saturated carbocycles. The van der Waals surface area contributed by atoms with Crippen LogP contribution in [0.4, 0.5) is 4.39 Å². The zero-order chi connectivity index (χ0) is 16.4. The molecule has 0 unspecified atom stereocenters.